The van der Waals surface area contributed by atoms with Gasteiger partial charge in [0.2, 0.25) is 0 Å². The molecule has 3 aromatic rings. The second-order valence-corrected chi connectivity index (χ2v) is 5.34. The first-order valence-corrected chi connectivity index (χ1v) is 7.00. The number of hydrazine groups is 1. The summed E-state index contributed by atoms with van der Waals surface area (Å²) in [5, 5.41) is 0.741. The third-order valence-electron chi connectivity index (χ3n) is 3.12. The average Bonchev–Trinajstić information content (AvgIpc) is 2.54. The summed E-state index contributed by atoms with van der Waals surface area (Å²) >= 11 is 3.40. The van der Waals surface area contributed by atoms with Gasteiger partial charge in [0.1, 0.15) is 0 Å². The molecule has 0 aliphatic carbocycles. The minimum absolute atomic E-state index is 0.351. The van der Waals surface area contributed by atoms with Crippen LogP contribution in [0.4, 0.5) is 0 Å². The van der Waals surface area contributed by atoms with Crippen molar-refractivity contribution in [2.45, 2.75) is 0 Å². The molecular weight excluding hydrogens is 332 g/mol. The number of rotatable bonds is 2. The molecule has 0 fully saturated rings. The van der Waals surface area contributed by atoms with Gasteiger partial charge in [-0.05, 0) is 36.4 Å². The Morgan fingerprint density at radius 3 is 2.62 bits per heavy atom. The SMILES string of the molecule is NNC(=O)c1cc(-c2ccncc2)nc2ccc(Br)cc12. The van der Waals surface area contributed by atoms with E-state index in [1.165, 1.54) is 0 Å². The van der Waals surface area contributed by atoms with E-state index in [4.69, 9.17) is 5.84 Å². The van der Waals surface area contributed by atoms with Crippen molar-refractivity contribution >= 4 is 32.7 Å². The van der Waals surface area contributed by atoms with E-state index in [2.05, 4.69) is 31.3 Å². The average molecular weight is 343 g/mol. The minimum Gasteiger partial charge on any atom is -0.290 e. The van der Waals surface area contributed by atoms with E-state index in [0.717, 1.165) is 20.9 Å². The Bertz CT molecular complexity index is 821. The van der Waals surface area contributed by atoms with Crippen molar-refractivity contribution in [3.63, 3.8) is 0 Å². The van der Waals surface area contributed by atoms with Gasteiger partial charge in [0.25, 0.3) is 5.91 Å². The van der Waals surface area contributed by atoms with Crippen LogP contribution < -0.4 is 11.3 Å². The fraction of sp³-hybridized carbons (Fsp3) is 0. The number of hydrogen-bond donors (Lipinski definition) is 2. The maximum atomic E-state index is 12.0. The first kappa shape index (κ1) is 13.7. The molecule has 2 heterocycles. The van der Waals surface area contributed by atoms with E-state index in [0.29, 0.717) is 11.3 Å². The van der Waals surface area contributed by atoms with Crippen LogP contribution in [0.3, 0.4) is 0 Å². The number of aromatic nitrogens is 2. The van der Waals surface area contributed by atoms with Crippen molar-refractivity contribution in [2.24, 2.45) is 5.84 Å². The maximum Gasteiger partial charge on any atom is 0.265 e. The number of carbonyl (C=O) groups is 1. The van der Waals surface area contributed by atoms with E-state index < -0.39 is 0 Å². The van der Waals surface area contributed by atoms with Crippen LogP contribution in [0.15, 0.2) is 53.3 Å². The molecule has 1 aromatic carbocycles. The highest BCUT2D eigenvalue weighted by Gasteiger charge is 2.13. The molecule has 0 aliphatic rings. The molecule has 0 saturated heterocycles. The lowest BCUT2D eigenvalue weighted by atomic mass is 10.0. The largest absolute Gasteiger partial charge is 0.290 e. The summed E-state index contributed by atoms with van der Waals surface area (Å²) in [6.45, 7) is 0. The molecule has 2 aromatic heterocycles. The third-order valence-corrected chi connectivity index (χ3v) is 3.62. The summed E-state index contributed by atoms with van der Waals surface area (Å²) < 4.78 is 0.875. The second kappa shape index (κ2) is 5.59. The molecule has 0 bridgehead atoms. The predicted octanol–water partition coefficient (Wildman–Crippen LogP) is 2.66. The molecule has 3 rings (SSSR count). The fourth-order valence-electron chi connectivity index (χ4n) is 2.13. The monoisotopic (exact) mass is 342 g/mol. The van der Waals surface area contributed by atoms with Gasteiger partial charge in [-0.25, -0.2) is 10.8 Å². The smallest absolute Gasteiger partial charge is 0.265 e. The highest BCUT2D eigenvalue weighted by atomic mass is 79.9. The summed E-state index contributed by atoms with van der Waals surface area (Å²) in [7, 11) is 0. The number of carbonyl (C=O) groups excluding carboxylic acids is 1. The maximum absolute atomic E-state index is 12.0. The summed E-state index contributed by atoms with van der Waals surface area (Å²) in [6, 6.07) is 11.0. The molecule has 0 spiro atoms. The summed E-state index contributed by atoms with van der Waals surface area (Å²) in [4.78, 5) is 20.6. The van der Waals surface area contributed by atoms with Gasteiger partial charge >= 0.3 is 0 Å². The van der Waals surface area contributed by atoms with Gasteiger partial charge in [-0.2, -0.15) is 0 Å². The van der Waals surface area contributed by atoms with Gasteiger partial charge < -0.3 is 0 Å². The molecule has 1 amide bonds. The van der Waals surface area contributed by atoms with Gasteiger partial charge in [-0.3, -0.25) is 15.2 Å². The summed E-state index contributed by atoms with van der Waals surface area (Å²) in [5.74, 6) is 4.93. The molecule has 0 atom stereocenters. The number of pyridine rings is 2. The lowest BCUT2D eigenvalue weighted by Crippen LogP contribution is -2.30. The summed E-state index contributed by atoms with van der Waals surface area (Å²) in [6.07, 6.45) is 3.37. The Labute approximate surface area is 129 Å². The van der Waals surface area contributed by atoms with Crippen molar-refractivity contribution in [2.75, 3.05) is 0 Å². The van der Waals surface area contributed by atoms with Crippen molar-refractivity contribution in [3.05, 3.63) is 58.8 Å². The minimum atomic E-state index is -0.351. The lowest BCUT2D eigenvalue weighted by molar-refractivity contribution is 0.0955. The Kier molecular flexibility index (Phi) is 3.64. The Morgan fingerprint density at radius 1 is 1.14 bits per heavy atom. The number of benzene rings is 1. The zero-order valence-electron chi connectivity index (χ0n) is 10.9. The van der Waals surface area contributed by atoms with Crippen molar-refractivity contribution in [1.82, 2.24) is 15.4 Å². The number of amides is 1. The Hall–Kier alpha value is -2.31. The van der Waals surface area contributed by atoms with Crippen LogP contribution in [0.2, 0.25) is 0 Å². The highest BCUT2D eigenvalue weighted by molar-refractivity contribution is 9.10. The van der Waals surface area contributed by atoms with Crippen LogP contribution in [0.25, 0.3) is 22.2 Å². The number of nitrogens with two attached hydrogens (primary N) is 1. The quantitative estimate of drug-likeness (QED) is 0.426. The van der Waals surface area contributed by atoms with Crippen LogP contribution in [0, 0.1) is 0 Å². The van der Waals surface area contributed by atoms with Gasteiger partial charge in [0.15, 0.2) is 0 Å². The standard InChI is InChI=1S/C15H11BrN4O/c16-10-1-2-13-11(7-10)12(15(21)20-17)8-14(19-13)9-3-5-18-6-4-9/h1-8H,17H2,(H,20,21). The van der Waals surface area contributed by atoms with E-state index >= 15 is 0 Å². The zero-order chi connectivity index (χ0) is 14.8. The fourth-order valence-corrected chi connectivity index (χ4v) is 2.50. The van der Waals surface area contributed by atoms with E-state index in [-0.39, 0.29) is 5.91 Å². The molecule has 0 saturated carbocycles. The van der Waals surface area contributed by atoms with E-state index in [1.807, 2.05) is 30.3 Å². The first-order chi connectivity index (χ1) is 10.2. The van der Waals surface area contributed by atoms with Crippen LogP contribution >= 0.6 is 15.9 Å². The zero-order valence-corrected chi connectivity index (χ0v) is 12.5. The molecule has 5 nitrogen and oxygen atoms in total. The Balaban J connectivity index is 2.30. The number of hydrogen-bond acceptors (Lipinski definition) is 4. The van der Waals surface area contributed by atoms with Crippen molar-refractivity contribution < 1.29 is 4.79 Å². The number of fused-ring (bicyclic) bond motifs is 1. The third kappa shape index (κ3) is 2.63. The molecule has 0 unspecified atom stereocenters. The van der Waals surface area contributed by atoms with Crippen LogP contribution in [-0.2, 0) is 0 Å². The molecule has 6 heteroatoms. The second-order valence-electron chi connectivity index (χ2n) is 4.43. The van der Waals surface area contributed by atoms with Crippen LogP contribution in [0.5, 0.6) is 0 Å². The normalized spacial score (nSPS) is 10.6. The lowest BCUT2D eigenvalue weighted by Gasteiger charge is -2.09. The van der Waals surface area contributed by atoms with Gasteiger partial charge in [0.05, 0.1) is 16.8 Å². The molecule has 104 valence electrons. The van der Waals surface area contributed by atoms with Gasteiger partial charge in [-0.15, -0.1) is 0 Å². The molecule has 0 aliphatic heterocycles. The molecule has 21 heavy (non-hydrogen) atoms. The number of nitrogen functional groups attached to an aromatic ring is 1. The van der Waals surface area contributed by atoms with Crippen LogP contribution in [0.1, 0.15) is 10.4 Å². The molecule has 3 N–H and O–H groups in total. The van der Waals surface area contributed by atoms with Crippen molar-refractivity contribution in [1.29, 1.82) is 0 Å². The molecule has 0 radical (unpaired) electrons. The predicted molar refractivity (Wildman–Crippen MR) is 84.3 cm³/mol. The topological polar surface area (TPSA) is 80.9 Å². The number of nitrogens with zero attached hydrogens (tertiary/aromatic N) is 2. The Morgan fingerprint density at radius 2 is 1.90 bits per heavy atom. The van der Waals surface area contributed by atoms with E-state index in [1.54, 1.807) is 18.5 Å². The van der Waals surface area contributed by atoms with Gasteiger partial charge in [-0.1, -0.05) is 15.9 Å². The number of nitrogens with one attached hydrogen (secondary N) is 1. The van der Waals surface area contributed by atoms with Gasteiger partial charge in [0, 0.05) is 27.8 Å². The van der Waals surface area contributed by atoms with E-state index in [9.17, 15) is 4.79 Å². The van der Waals surface area contributed by atoms with Crippen LogP contribution in [-0.4, -0.2) is 15.9 Å². The summed E-state index contributed by atoms with van der Waals surface area (Å²) in [5.41, 5.74) is 4.98. The molecular formula is C15H11BrN4O. The first-order valence-electron chi connectivity index (χ1n) is 6.20. The number of halogens is 1. The van der Waals surface area contributed by atoms with Crippen molar-refractivity contribution in [3.8, 4) is 11.3 Å². The highest BCUT2D eigenvalue weighted by Crippen LogP contribution is 2.26.